The molecule has 0 aromatic heterocycles. The summed E-state index contributed by atoms with van der Waals surface area (Å²) in [5, 5.41) is 5.36. The molecule has 6 nitrogen and oxygen atoms in total. The normalized spacial score (nSPS) is 11.2. The van der Waals surface area contributed by atoms with E-state index in [2.05, 4.69) is 10.6 Å². The monoisotopic (exact) mass is 228 g/mol. The third-order valence-electron chi connectivity index (χ3n) is 1.07. The summed E-state index contributed by atoms with van der Waals surface area (Å²) >= 11 is 0.612. The van der Waals surface area contributed by atoms with Crippen molar-refractivity contribution >= 4 is 24.6 Å². The van der Waals surface area contributed by atoms with Crippen LogP contribution in [0.5, 0.6) is 0 Å². The standard InChI is InChI=1S/C5H13N2O4PS/c8-5-7-2-1-6-3-4-13-12(9,10)11/h5-6H,1-4H2,(H,7,8)(H2,9,10,11). The second-order valence-electron chi connectivity index (χ2n) is 2.15. The average Bonchev–Trinajstić information content (AvgIpc) is 2.01. The van der Waals surface area contributed by atoms with Crippen molar-refractivity contribution in [1.82, 2.24) is 10.6 Å². The van der Waals surface area contributed by atoms with Gasteiger partial charge >= 0.3 is 6.80 Å². The van der Waals surface area contributed by atoms with E-state index in [-0.39, 0.29) is 0 Å². The zero-order valence-corrected chi connectivity index (χ0v) is 8.68. The molecule has 0 unspecified atom stereocenters. The quantitative estimate of drug-likeness (QED) is 0.245. The summed E-state index contributed by atoms with van der Waals surface area (Å²) in [4.78, 5) is 26.7. The minimum absolute atomic E-state index is 0.353. The topological polar surface area (TPSA) is 98.7 Å². The van der Waals surface area contributed by atoms with E-state index in [1.165, 1.54) is 0 Å². The Balaban J connectivity index is 3.08. The van der Waals surface area contributed by atoms with E-state index in [0.717, 1.165) is 0 Å². The molecule has 4 N–H and O–H groups in total. The maximum atomic E-state index is 10.3. The summed E-state index contributed by atoms with van der Waals surface area (Å²) < 4.78 is 10.3. The van der Waals surface area contributed by atoms with Crippen LogP contribution in [-0.4, -0.2) is 41.6 Å². The van der Waals surface area contributed by atoms with Gasteiger partial charge in [0, 0.05) is 25.4 Å². The molecule has 1 amide bonds. The van der Waals surface area contributed by atoms with Gasteiger partial charge in [-0.2, -0.15) is 0 Å². The van der Waals surface area contributed by atoms with Gasteiger partial charge in [-0.15, -0.1) is 0 Å². The van der Waals surface area contributed by atoms with Gasteiger partial charge in [-0.05, 0) is 11.4 Å². The fourth-order valence-electron chi connectivity index (χ4n) is 0.581. The van der Waals surface area contributed by atoms with Crippen molar-refractivity contribution in [3.63, 3.8) is 0 Å². The summed E-state index contributed by atoms with van der Waals surface area (Å²) in [6, 6.07) is 0. The summed E-state index contributed by atoms with van der Waals surface area (Å²) in [5.74, 6) is 0.353. The van der Waals surface area contributed by atoms with Crippen molar-refractivity contribution < 1.29 is 19.1 Å². The molecule has 0 aromatic carbocycles. The zero-order chi connectivity index (χ0) is 10.2. The third-order valence-corrected chi connectivity index (χ3v) is 3.35. The minimum atomic E-state index is -3.92. The Kier molecular flexibility index (Phi) is 7.31. The molecule has 0 aromatic rings. The van der Waals surface area contributed by atoms with Crippen LogP contribution in [0.25, 0.3) is 0 Å². The van der Waals surface area contributed by atoms with Crippen LogP contribution >= 0.6 is 18.2 Å². The summed E-state index contributed by atoms with van der Waals surface area (Å²) in [6.07, 6.45) is 0.603. The first-order valence-corrected chi connectivity index (χ1v) is 6.84. The molecule has 0 saturated carbocycles. The molecule has 0 atom stereocenters. The molecule has 78 valence electrons. The van der Waals surface area contributed by atoms with Gasteiger partial charge in [-0.1, -0.05) is 0 Å². The second kappa shape index (κ2) is 7.34. The van der Waals surface area contributed by atoms with Gasteiger partial charge in [0.25, 0.3) is 0 Å². The predicted molar refractivity (Wildman–Crippen MR) is 51.4 cm³/mol. The number of rotatable bonds is 8. The molecule has 0 fully saturated rings. The predicted octanol–water partition coefficient (Wildman–Crippen LogP) is -0.852. The summed E-state index contributed by atoms with van der Waals surface area (Å²) in [5.41, 5.74) is 0. The average molecular weight is 228 g/mol. The van der Waals surface area contributed by atoms with E-state index in [9.17, 15) is 9.36 Å². The summed E-state index contributed by atoms with van der Waals surface area (Å²) in [6.45, 7) is -2.30. The van der Waals surface area contributed by atoms with Crippen molar-refractivity contribution in [1.29, 1.82) is 0 Å². The molecular weight excluding hydrogens is 215 g/mol. The molecule has 0 aliphatic rings. The number of carbonyl (C=O) groups is 1. The van der Waals surface area contributed by atoms with Gasteiger partial charge in [0.05, 0.1) is 0 Å². The SMILES string of the molecule is O=CNCCNCCSP(=O)(O)O. The highest BCUT2D eigenvalue weighted by Crippen LogP contribution is 2.49. The Morgan fingerprint density at radius 3 is 2.54 bits per heavy atom. The van der Waals surface area contributed by atoms with Crippen LogP contribution in [-0.2, 0) is 9.36 Å². The first-order chi connectivity index (χ1) is 6.06. The zero-order valence-electron chi connectivity index (χ0n) is 6.97. The van der Waals surface area contributed by atoms with E-state index >= 15 is 0 Å². The molecule has 0 heterocycles. The highest BCUT2D eigenvalue weighted by Gasteiger charge is 2.11. The van der Waals surface area contributed by atoms with Gasteiger partial charge in [-0.25, -0.2) is 4.57 Å². The third kappa shape index (κ3) is 11.9. The highest BCUT2D eigenvalue weighted by molar-refractivity contribution is 8.54. The summed E-state index contributed by atoms with van der Waals surface area (Å²) in [7, 11) is 0. The second-order valence-corrected chi connectivity index (χ2v) is 5.99. The van der Waals surface area contributed by atoms with Crippen LogP contribution in [0.3, 0.4) is 0 Å². The minimum Gasteiger partial charge on any atom is -0.357 e. The maximum absolute atomic E-state index is 10.3. The lowest BCUT2D eigenvalue weighted by atomic mass is 10.6. The number of hydrogen-bond donors (Lipinski definition) is 4. The van der Waals surface area contributed by atoms with Crippen LogP contribution in [0.1, 0.15) is 0 Å². The Bertz CT molecular complexity index is 185. The molecule has 0 bridgehead atoms. The molecule has 13 heavy (non-hydrogen) atoms. The first kappa shape index (κ1) is 12.9. The Hall–Kier alpha value is -0.0700. The van der Waals surface area contributed by atoms with E-state index in [0.29, 0.717) is 43.2 Å². The number of nitrogens with one attached hydrogen (secondary N) is 2. The molecule has 0 radical (unpaired) electrons. The smallest absolute Gasteiger partial charge is 0.357 e. The largest absolute Gasteiger partial charge is 0.384 e. The van der Waals surface area contributed by atoms with Crippen LogP contribution in [0, 0.1) is 0 Å². The van der Waals surface area contributed by atoms with Crippen molar-refractivity contribution in [2.45, 2.75) is 0 Å². The van der Waals surface area contributed by atoms with Crippen molar-refractivity contribution in [2.75, 3.05) is 25.4 Å². The molecule has 0 saturated heterocycles. The van der Waals surface area contributed by atoms with E-state index < -0.39 is 6.80 Å². The van der Waals surface area contributed by atoms with Gasteiger partial charge < -0.3 is 20.4 Å². The number of amides is 1. The lowest BCUT2D eigenvalue weighted by molar-refractivity contribution is -0.109. The van der Waals surface area contributed by atoms with Gasteiger partial charge in [0.1, 0.15) is 0 Å². The van der Waals surface area contributed by atoms with Crippen LogP contribution in [0.4, 0.5) is 0 Å². The highest BCUT2D eigenvalue weighted by atomic mass is 32.7. The molecule has 8 heteroatoms. The Labute approximate surface area is 80.4 Å². The lowest BCUT2D eigenvalue weighted by Crippen LogP contribution is -2.27. The fraction of sp³-hybridized carbons (Fsp3) is 0.800. The van der Waals surface area contributed by atoms with Crippen LogP contribution in [0.2, 0.25) is 0 Å². The molecule has 0 spiro atoms. The van der Waals surface area contributed by atoms with Crippen molar-refractivity contribution in [2.24, 2.45) is 0 Å². The number of hydrogen-bond acceptors (Lipinski definition) is 4. The van der Waals surface area contributed by atoms with Gasteiger partial charge in [-0.3, -0.25) is 4.79 Å². The molecular formula is C5H13N2O4PS. The van der Waals surface area contributed by atoms with Crippen LogP contribution in [0.15, 0.2) is 0 Å². The Morgan fingerprint density at radius 2 is 2.00 bits per heavy atom. The molecule has 0 aliphatic heterocycles. The van der Waals surface area contributed by atoms with Gasteiger partial charge in [0.2, 0.25) is 6.41 Å². The lowest BCUT2D eigenvalue weighted by Gasteiger charge is -2.04. The van der Waals surface area contributed by atoms with Gasteiger partial charge in [0.15, 0.2) is 0 Å². The van der Waals surface area contributed by atoms with E-state index in [1.54, 1.807) is 0 Å². The van der Waals surface area contributed by atoms with Crippen molar-refractivity contribution in [3.8, 4) is 0 Å². The molecule has 0 rings (SSSR count). The van der Waals surface area contributed by atoms with Crippen LogP contribution < -0.4 is 10.6 Å². The fourth-order valence-corrected chi connectivity index (χ4v) is 2.04. The maximum Gasteiger partial charge on any atom is 0.384 e. The molecule has 0 aliphatic carbocycles. The van der Waals surface area contributed by atoms with Crippen molar-refractivity contribution in [3.05, 3.63) is 0 Å². The Morgan fingerprint density at radius 1 is 1.31 bits per heavy atom. The van der Waals surface area contributed by atoms with E-state index in [1.807, 2.05) is 0 Å². The number of carbonyl (C=O) groups excluding carboxylic acids is 1. The first-order valence-electron chi connectivity index (χ1n) is 3.64. The van der Waals surface area contributed by atoms with E-state index in [4.69, 9.17) is 9.79 Å².